The first-order valence-electron chi connectivity index (χ1n) is 5.35. The van der Waals surface area contributed by atoms with Gasteiger partial charge in [-0.05, 0) is 6.42 Å². The summed E-state index contributed by atoms with van der Waals surface area (Å²) in [6.07, 6.45) is 1.50. The van der Waals surface area contributed by atoms with Crippen LogP contribution in [-0.2, 0) is 19.1 Å². The Morgan fingerprint density at radius 2 is 1.41 bits per heavy atom. The van der Waals surface area contributed by atoms with E-state index in [-0.39, 0.29) is 25.2 Å². The molecule has 0 unspecified atom stereocenters. The van der Waals surface area contributed by atoms with Crippen LogP contribution in [0.5, 0.6) is 0 Å². The predicted octanol–water partition coefficient (Wildman–Crippen LogP) is 3.28. The van der Waals surface area contributed by atoms with E-state index in [2.05, 4.69) is 31.9 Å². The van der Waals surface area contributed by atoms with Crippen molar-refractivity contribution in [3.63, 3.8) is 0 Å². The Labute approximate surface area is 118 Å². The third-order valence-electron chi connectivity index (χ3n) is 1.76. The molecule has 4 nitrogen and oxygen atoms in total. The van der Waals surface area contributed by atoms with E-state index < -0.39 is 0 Å². The van der Waals surface area contributed by atoms with E-state index in [0.29, 0.717) is 21.8 Å². The van der Waals surface area contributed by atoms with Crippen LogP contribution in [0.25, 0.3) is 0 Å². The highest BCUT2D eigenvalue weighted by atomic mass is 79.9. The van der Waals surface area contributed by atoms with Gasteiger partial charge < -0.3 is 9.47 Å². The second-order valence-electron chi connectivity index (χ2n) is 3.23. The summed E-state index contributed by atoms with van der Waals surface area (Å²) >= 11 is 6.51. The number of halogens is 2. The van der Waals surface area contributed by atoms with E-state index in [4.69, 9.17) is 9.47 Å². The van der Waals surface area contributed by atoms with Gasteiger partial charge in [0.2, 0.25) is 0 Å². The minimum atomic E-state index is -0.273. The Morgan fingerprint density at radius 1 is 0.941 bits per heavy atom. The molecule has 0 aliphatic carbocycles. The highest BCUT2D eigenvalue weighted by Gasteiger charge is 2.07. The monoisotopic (exact) mass is 370 g/mol. The van der Waals surface area contributed by atoms with Crippen molar-refractivity contribution in [3.8, 4) is 0 Å². The zero-order valence-electron chi connectivity index (χ0n) is 9.92. The molecule has 17 heavy (non-hydrogen) atoms. The molecule has 0 spiro atoms. The summed E-state index contributed by atoms with van der Waals surface area (Å²) in [5.74, 6) is -0.513. The van der Waals surface area contributed by atoms with Crippen molar-refractivity contribution < 1.29 is 19.1 Å². The molecule has 0 bridgehead atoms. The van der Waals surface area contributed by atoms with Gasteiger partial charge in [-0.1, -0.05) is 45.7 Å². The smallest absolute Gasteiger partial charge is 0.306 e. The molecular weight excluding hydrogens is 356 g/mol. The lowest BCUT2D eigenvalue weighted by molar-refractivity contribution is -0.143. The summed E-state index contributed by atoms with van der Waals surface area (Å²) in [6.45, 7) is 3.91. The van der Waals surface area contributed by atoms with Crippen LogP contribution >= 0.6 is 31.9 Å². The zero-order chi connectivity index (χ0) is 13.3. The van der Waals surface area contributed by atoms with Gasteiger partial charge in [0.25, 0.3) is 0 Å². The van der Waals surface area contributed by atoms with Gasteiger partial charge in [-0.3, -0.25) is 9.59 Å². The van der Waals surface area contributed by atoms with E-state index >= 15 is 0 Å². The Bertz CT molecular complexity index is 300. The van der Waals surface area contributed by atoms with Gasteiger partial charge in [0.1, 0.15) is 13.2 Å². The van der Waals surface area contributed by atoms with Crippen LogP contribution in [0, 0.1) is 0 Å². The van der Waals surface area contributed by atoms with Crippen LogP contribution < -0.4 is 0 Å². The second kappa shape index (κ2) is 9.65. The molecule has 98 valence electrons. The van der Waals surface area contributed by atoms with Crippen molar-refractivity contribution >= 4 is 43.8 Å². The fourth-order valence-corrected chi connectivity index (χ4v) is 1.28. The molecule has 0 heterocycles. The van der Waals surface area contributed by atoms with E-state index in [9.17, 15) is 9.59 Å². The van der Waals surface area contributed by atoms with Crippen LogP contribution in [0.3, 0.4) is 0 Å². The van der Waals surface area contributed by atoms with Gasteiger partial charge in [0, 0.05) is 21.8 Å². The highest BCUT2D eigenvalue weighted by molar-refractivity contribution is 9.14. The summed E-state index contributed by atoms with van der Waals surface area (Å²) in [6, 6.07) is 0. The summed E-state index contributed by atoms with van der Waals surface area (Å²) in [4.78, 5) is 22.0. The van der Waals surface area contributed by atoms with E-state index in [1.54, 1.807) is 6.92 Å². The molecule has 0 amide bonds. The molecular formula is C11H16Br2O4. The lowest BCUT2D eigenvalue weighted by atomic mass is 10.3. The molecule has 0 radical (unpaired) electrons. The molecule has 0 aromatic heterocycles. The number of hydrogen-bond acceptors (Lipinski definition) is 4. The third-order valence-corrected chi connectivity index (χ3v) is 3.70. The molecule has 0 atom stereocenters. The van der Waals surface area contributed by atoms with Gasteiger partial charge >= 0.3 is 11.9 Å². The quantitative estimate of drug-likeness (QED) is 0.644. The molecule has 0 aliphatic heterocycles. The summed E-state index contributed by atoms with van der Waals surface area (Å²) in [5, 5.41) is 0. The molecule has 0 N–H and O–H groups in total. The fraction of sp³-hybridized carbons (Fsp3) is 0.636. The number of rotatable bonds is 7. The number of carbonyl (C=O) groups is 2. The molecule has 0 aromatic carbocycles. The van der Waals surface area contributed by atoms with Crippen molar-refractivity contribution in [3.05, 3.63) is 8.96 Å². The van der Waals surface area contributed by atoms with Crippen LogP contribution in [0.4, 0.5) is 0 Å². The number of ether oxygens (including phenoxy) is 2. The highest BCUT2D eigenvalue weighted by Crippen LogP contribution is 2.19. The maximum atomic E-state index is 11.1. The Morgan fingerprint density at radius 3 is 1.82 bits per heavy atom. The molecule has 0 rings (SSSR count). The van der Waals surface area contributed by atoms with Gasteiger partial charge in [0.15, 0.2) is 0 Å². The predicted molar refractivity (Wildman–Crippen MR) is 72.0 cm³/mol. The van der Waals surface area contributed by atoms with E-state index in [1.807, 2.05) is 6.92 Å². The number of carbonyl (C=O) groups excluding carboxylic acids is 2. The van der Waals surface area contributed by atoms with Gasteiger partial charge in [0.05, 0.1) is 0 Å². The van der Waals surface area contributed by atoms with Gasteiger partial charge in [-0.2, -0.15) is 0 Å². The fourth-order valence-electron chi connectivity index (χ4n) is 0.823. The number of esters is 2. The SMILES string of the molecule is CCCC(=O)OC/C(Br)=C(\Br)COC(=O)CC. The van der Waals surface area contributed by atoms with Crippen LogP contribution in [-0.4, -0.2) is 25.2 Å². The maximum Gasteiger partial charge on any atom is 0.306 e. The van der Waals surface area contributed by atoms with Crippen LogP contribution in [0.2, 0.25) is 0 Å². The standard InChI is InChI=1S/C11H16Br2O4/c1-3-5-11(15)17-7-9(13)8(12)6-16-10(14)4-2/h3-7H2,1-2H3/b9-8+. The van der Waals surface area contributed by atoms with Crippen molar-refractivity contribution in [1.29, 1.82) is 0 Å². The maximum absolute atomic E-state index is 11.1. The molecule has 0 fully saturated rings. The second-order valence-corrected chi connectivity index (χ2v) is 5.15. The molecule has 0 aliphatic rings. The van der Waals surface area contributed by atoms with Crippen LogP contribution in [0.1, 0.15) is 33.1 Å². The van der Waals surface area contributed by atoms with Crippen molar-refractivity contribution in [1.82, 2.24) is 0 Å². The topological polar surface area (TPSA) is 52.6 Å². The first-order chi connectivity index (χ1) is 8.01. The largest absolute Gasteiger partial charge is 0.460 e. The summed E-state index contributed by atoms with van der Waals surface area (Å²) in [7, 11) is 0. The molecule has 0 saturated heterocycles. The first-order valence-corrected chi connectivity index (χ1v) is 6.94. The normalized spacial score (nSPS) is 11.8. The Balaban J connectivity index is 4.03. The average Bonchev–Trinajstić information content (AvgIpc) is 2.32. The Kier molecular flexibility index (Phi) is 9.44. The lowest BCUT2D eigenvalue weighted by Crippen LogP contribution is -2.08. The van der Waals surface area contributed by atoms with Gasteiger partial charge in [-0.15, -0.1) is 0 Å². The minimum absolute atomic E-state index is 0.137. The summed E-state index contributed by atoms with van der Waals surface area (Å²) < 4.78 is 11.2. The lowest BCUT2D eigenvalue weighted by Gasteiger charge is -2.07. The summed E-state index contributed by atoms with van der Waals surface area (Å²) in [5.41, 5.74) is 0. The van der Waals surface area contributed by atoms with Crippen LogP contribution in [0.15, 0.2) is 8.96 Å². The van der Waals surface area contributed by atoms with Crippen molar-refractivity contribution in [2.24, 2.45) is 0 Å². The zero-order valence-corrected chi connectivity index (χ0v) is 13.1. The molecule has 0 aromatic rings. The third kappa shape index (κ3) is 8.37. The van der Waals surface area contributed by atoms with Crippen molar-refractivity contribution in [2.75, 3.05) is 13.2 Å². The average molecular weight is 372 g/mol. The minimum Gasteiger partial charge on any atom is -0.460 e. The molecule has 6 heteroatoms. The van der Waals surface area contributed by atoms with Crippen molar-refractivity contribution in [2.45, 2.75) is 33.1 Å². The first kappa shape index (κ1) is 16.6. The van der Waals surface area contributed by atoms with Gasteiger partial charge in [-0.25, -0.2) is 0 Å². The number of hydrogen-bond donors (Lipinski definition) is 0. The van der Waals surface area contributed by atoms with E-state index in [1.165, 1.54) is 0 Å². The Hall–Kier alpha value is -0.360. The molecule has 0 saturated carbocycles. The van der Waals surface area contributed by atoms with E-state index in [0.717, 1.165) is 6.42 Å².